The largest absolute Gasteiger partial charge is 0.394 e. The molecule has 0 bridgehead atoms. The van der Waals surface area contributed by atoms with Crippen molar-refractivity contribution in [1.82, 2.24) is 4.90 Å². The van der Waals surface area contributed by atoms with E-state index in [4.69, 9.17) is 30.1 Å². The van der Waals surface area contributed by atoms with Gasteiger partial charge >= 0.3 is 7.60 Å². The molecule has 0 aromatic rings. The van der Waals surface area contributed by atoms with Crippen LogP contribution >= 0.6 is 7.60 Å². The molecule has 3 unspecified atom stereocenters. The second kappa shape index (κ2) is 5.58. The summed E-state index contributed by atoms with van der Waals surface area (Å²) >= 11 is 0. The maximum Gasteiger partial charge on any atom is 0.350 e. The topological polar surface area (TPSA) is 141 Å². The molecule has 0 aliphatic carbocycles. The van der Waals surface area contributed by atoms with Gasteiger partial charge in [0.15, 0.2) is 12.5 Å². The Labute approximate surface area is 109 Å². The van der Waals surface area contributed by atoms with E-state index in [9.17, 15) is 4.57 Å². The van der Waals surface area contributed by atoms with Crippen molar-refractivity contribution < 1.29 is 28.9 Å². The lowest BCUT2D eigenvalue weighted by Gasteiger charge is -2.23. The van der Waals surface area contributed by atoms with Crippen LogP contribution in [0.3, 0.4) is 0 Å². The minimum atomic E-state index is -4.25. The van der Waals surface area contributed by atoms with Gasteiger partial charge in [-0.05, 0) is 6.08 Å². The molecule has 0 radical (unpaired) electrons. The number of amidine groups is 1. The van der Waals surface area contributed by atoms with Crippen LogP contribution in [-0.2, 0) is 14.0 Å². The Morgan fingerprint density at radius 1 is 1.63 bits per heavy atom. The van der Waals surface area contributed by atoms with E-state index in [1.54, 1.807) is 17.2 Å². The lowest BCUT2D eigenvalue weighted by Crippen LogP contribution is -2.35. The standard InChI is InChI=1S/C9H16N3O6P/c10-7-1-2-12(9-8(11-7)18-9)3-6(4-13)17-5-19(14,15)16/h1-2,6,8-9,13H,3-5H2,(H2,10,11)(H2,14,15,16). The summed E-state index contributed by atoms with van der Waals surface area (Å²) < 4.78 is 20.9. The number of rotatable bonds is 6. The van der Waals surface area contributed by atoms with Crippen LogP contribution in [0.25, 0.3) is 0 Å². The summed E-state index contributed by atoms with van der Waals surface area (Å²) in [6, 6.07) is 0. The number of aliphatic hydroxyl groups excluding tert-OH is 1. The first-order chi connectivity index (χ1) is 8.89. The zero-order valence-corrected chi connectivity index (χ0v) is 10.9. The molecule has 3 atom stereocenters. The van der Waals surface area contributed by atoms with Gasteiger partial charge < -0.3 is 35.0 Å². The summed E-state index contributed by atoms with van der Waals surface area (Å²) in [5.74, 6) is 0.340. The fourth-order valence-corrected chi connectivity index (χ4v) is 2.05. The van der Waals surface area contributed by atoms with Crippen molar-refractivity contribution in [1.29, 1.82) is 0 Å². The third-order valence-corrected chi connectivity index (χ3v) is 3.07. The van der Waals surface area contributed by atoms with E-state index in [1.807, 2.05) is 0 Å². The second-order valence-electron chi connectivity index (χ2n) is 4.25. The van der Waals surface area contributed by atoms with E-state index in [0.29, 0.717) is 5.84 Å². The lowest BCUT2D eigenvalue weighted by atomic mass is 10.3. The highest BCUT2D eigenvalue weighted by molar-refractivity contribution is 7.51. The third kappa shape index (κ3) is 4.27. The highest BCUT2D eigenvalue weighted by Gasteiger charge is 2.44. The molecule has 2 aliphatic heterocycles. The molecule has 0 amide bonds. The van der Waals surface area contributed by atoms with Crippen molar-refractivity contribution in [2.24, 2.45) is 10.7 Å². The Bertz CT molecular complexity index is 436. The van der Waals surface area contributed by atoms with Crippen molar-refractivity contribution in [2.45, 2.75) is 18.6 Å². The summed E-state index contributed by atoms with van der Waals surface area (Å²) in [4.78, 5) is 23.2. The van der Waals surface area contributed by atoms with Crippen molar-refractivity contribution in [3.63, 3.8) is 0 Å². The van der Waals surface area contributed by atoms with Crippen LogP contribution in [0.2, 0.25) is 0 Å². The average Bonchev–Trinajstić information content (AvgIpc) is 3.06. The number of nitrogens with two attached hydrogens (primary N) is 1. The highest BCUT2D eigenvalue weighted by Crippen LogP contribution is 2.35. The zero-order valence-electron chi connectivity index (χ0n) is 9.99. The highest BCUT2D eigenvalue weighted by atomic mass is 31.2. The minimum absolute atomic E-state index is 0.219. The molecule has 0 aromatic heterocycles. The predicted octanol–water partition coefficient (Wildman–Crippen LogP) is -1.63. The van der Waals surface area contributed by atoms with Crippen LogP contribution < -0.4 is 5.73 Å². The van der Waals surface area contributed by atoms with E-state index in [0.717, 1.165) is 0 Å². The SMILES string of the molecule is NC1=NC2OC2N(CC(CO)OCP(=O)(O)O)C=C1. The van der Waals surface area contributed by atoms with E-state index >= 15 is 0 Å². The number of aliphatic hydroxyl groups is 1. The van der Waals surface area contributed by atoms with Crippen LogP contribution in [0.5, 0.6) is 0 Å². The van der Waals surface area contributed by atoms with Gasteiger partial charge in [-0.1, -0.05) is 0 Å². The molecule has 0 saturated carbocycles. The molecular weight excluding hydrogens is 277 g/mol. The number of aliphatic imine (C=N–C) groups is 1. The van der Waals surface area contributed by atoms with Crippen LogP contribution in [0.15, 0.2) is 17.3 Å². The van der Waals surface area contributed by atoms with E-state index in [-0.39, 0.29) is 25.6 Å². The van der Waals surface area contributed by atoms with Crippen molar-refractivity contribution >= 4 is 13.4 Å². The fraction of sp³-hybridized carbons (Fsp3) is 0.667. The Morgan fingerprint density at radius 3 is 3.00 bits per heavy atom. The summed E-state index contributed by atoms with van der Waals surface area (Å²) in [5.41, 5.74) is 5.57. The normalized spacial score (nSPS) is 27.5. The number of epoxide rings is 1. The van der Waals surface area contributed by atoms with E-state index in [2.05, 4.69) is 4.99 Å². The van der Waals surface area contributed by atoms with Crippen LogP contribution in [0.4, 0.5) is 0 Å². The van der Waals surface area contributed by atoms with Gasteiger partial charge in [0.2, 0.25) is 0 Å². The molecule has 1 fully saturated rings. The molecule has 5 N–H and O–H groups in total. The number of hydrogen-bond acceptors (Lipinski definition) is 7. The molecule has 19 heavy (non-hydrogen) atoms. The molecule has 9 nitrogen and oxygen atoms in total. The molecule has 2 aliphatic rings. The van der Waals surface area contributed by atoms with Crippen LogP contribution in [-0.4, -0.2) is 63.7 Å². The first-order valence-corrected chi connectivity index (χ1v) is 7.38. The molecule has 0 aromatic carbocycles. The van der Waals surface area contributed by atoms with Gasteiger partial charge in [-0.15, -0.1) is 0 Å². The number of hydrogen-bond donors (Lipinski definition) is 4. The quantitative estimate of drug-likeness (QED) is 0.338. The van der Waals surface area contributed by atoms with Gasteiger partial charge in [-0.2, -0.15) is 0 Å². The molecular formula is C9H16N3O6P. The van der Waals surface area contributed by atoms with Gasteiger partial charge in [0.1, 0.15) is 12.2 Å². The Morgan fingerprint density at radius 2 is 2.37 bits per heavy atom. The first-order valence-electron chi connectivity index (χ1n) is 5.59. The van der Waals surface area contributed by atoms with E-state index < -0.39 is 20.0 Å². The minimum Gasteiger partial charge on any atom is -0.394 e. The second-order valence-corrected chi connectivity index (χ2v) is 5.84. The summed E-state index contributed by atoms with van der Waals surface area (Å²) in [5, 5.41) is 9.15. The van der Waals surface area contributed by atoms with Crippen molar-refractivity contribution in [3.05, 3.63) is 12.3 Å². The van der Waals surface area contributed by atoms with Gasteiger partial charge in [-0.25, -0.2) is 4.99 Å². The Hall–Kier alpha value is -0.960. The third-order valence-electron chi connectivity index (χ3n) is 2.58. The van der Waals surface area contributed by atoms with Crippen molar-refractivity contribution in [3.8, 4) is 0 Å². The van der Waals surface area contributed by atoms with Gasteiger partial charge in [-0.3, -0.25) is 4.57 Å². The smallest absolute Gasteiger partial charge is 0.350 e. The maximum absolute atomic E-state index is 10.7. The number of ether oxygens (including phenoxy) is 2. The Balaban J connectivity index is 1.89. The molecule has 2 rings (SSSR count). The Kier molecular flexibility index (Phi) is 4.24. The number of fused-ring (bicyclic) bond motifs is 1. The van der Waals surface area contributed by atoms with Gasteiger partial charge in [0.25, 0.3) is 0 Å². The molecule has 0 spiro atoms. The fourth-order valence-electron chi connectivity index (χ4n) is 1.65. The zero-order chi connectivity index (χ0) is 14.0. The number of nitrogens with zero attached hydrogens (tertiary/aromatic N) is 2. The monoisotopic (exact) mass is 293 g/mol. The van der Waals surface area contributed by atoms with Gasteiger partial charge in [0, 0.05) is 12.7 Å². The maximum atomic E-state index is 10.7. The summed E-state index contributed by atoms with van der Waals surface area (Å²) in [7, 11) is -4.25. The summed E-state index contributed by atoms with van der Waals surface area (Å²) in [6.07, 6.45) is 1.17. The van der Waals surface area contributed by atoms with Crippen LogP contribution in [0.1, 0.15) is 0 Å². The average molecular weight is 293 g/mol. The van der Waals surface area contributed by atoms with Crippen LogP contribution in [0, 0.1) is 0 Å². The molecule has 2 heterocycles. The van der Waals surface area contributed by atoms with E-state index in [1.165, 1.54) is 0 Å². The molecule has 108 valence electrons. The van der Waals surface area contributed by atoms with Gasteiger partial charge in [0.05, 0.1) is 12.7 Å². The molecule has 1 saturated heterocycles. The lowest BCUT2D eigenvalue weighted by molar-refractivity contribution is 0.00839. The summed E-state index contributed by atoms with van der Waals surface area (Å²) in [6.45, 7) is -0.144. The molecule has 10 heteroatoms. The predicted molar refractivity (Wildman–Crippen MR) is 65.0 cm³/mol. The van der Waals surface area contributed by atoms with Crippen molar-refractivity contribution in [2.75, 3.05) is 19.5 Å². The first kappa shape index (κ1) is 14.4.